The van der Waals surface area contributed by atoms with Crippen LogP contribution in [0.3, 0.4) is 0 Å². The van der Waals surface area contributed by atoms with E-state index in [-0.39, 0.29) is 22.3 Å². The van der Waals surface area contributed by atoms with Gasteiger partial charge in [-0.05, 0) is 43.7 Å². The summed E-state index contributed by atoms with van der Waals surface area (Å²) in [5.74, 6) is 0.883. The van der Waals surface area contributed by atoms with Crippen molar-refractivity contribution in [2.45, 2.75) is 57.0 Å². The van der Waals surface area contributed by atoms with Crippen LogP contribution in [0.15, 0.2) is 23.2 Å². The molecule has 3 rings (SSSR count). The van der Waals surface area contributed by atoms with Crippen LogP contribution < -0.4 is 5.32 Å². The third-order valence-corrected chi connectivity index (χ3v) is 7.34. The van der Waals surface area contributed by atoms with Gasteiger partial charge in [0.1, 0.15) is 10.7 Å². The van der Waals surface area contributed by atoms with Crippen molar-refractivity contribution in [2.24, 2.45) is 11.3 Å². The lowest BCUT2D eigenvalue weighted by Gasteiger charge is -2.26. The van der Waals surface area contributed by atoms with Gasteiger partial charge in [-0.1, -0.05) is 20.3 Å². The number of anilines is 1. The van der Waals surface area contributed by atoms with Crippen LogP contribution in [-0.2, 0) is 10.0 Å². The summed E-state index contributed by atoms with van der Waals surface area (Å²) in [4.78, 5) is 4.53. The molecule has 1 aliphatic carbocycles. The Labute approximate surface area is 150 Å². The zero-order valence-electron chi connectivity index (χ0n) is 15.1. The number of aromatic nitrogens is 1. The van der Waals surface area contributed by atoms with Gasteiger partial charge in [0.15, 0.2) is 0 Å². The molecule has 1 atom stereocenters. The van der Waals surface area contributed by atoms with E-state index in [1.54, 1.807) is 16.4 Å². The molecule has 0 amide bonds. The van der Waals surface area contributed by atoms with E-state index < -0.39 is 10.0 Å². The minimum atomic E-state index is -3.43. The van der Waals surface area contributed by atoms with Crippen LogP contribution in [0.5, 0.6) is 0 Å². The Bertz CT molecular complexity index is 678. The van der Waals surface area contributed by atoms with Crippen molar-refractivity contribution in [2.75, 3.05) is 25.0 Å². The molecule has 1 aliphatic heterocycles. The number of aliphatic hydroxyl groups is 1. The number of sulfonamides is 1. The third-order valence-electron chi connectivity index (χ3n) is 5.46. The summed E-state index contributed by atoms with van der Waals surface area (Å²) in [5.41, 5.74) is -0.0611. The minimum Gasteiger partial charge on any atom is -0.392 e. The van der Waals surface area contributed by atoms with E-state index in [0.717, 1.165) is 32.1 Å². The lowest BCUT2D eigenvalue weighted by Crippen LogP contribution is -2.35. The minimum absolute atomic E-state index is 0.0611. The molecule has 2 heterocycles. The molecule has 0 spiro atoms. The second kappa shape index (κ2) is 7.21. The number of piperidine rings is 1. The van der Waals surface area contributed by atoms with Crippen molar-refractivity contribution in [3.05, 3.63) is 18.3 Å². The van der Waals surface area contributed by atoms with E-state index in [0.29, 0.717) is 25.5 Å². The summed E-state index contributed by atoms with van der Waals surface area (Å²) in [7, 11) is -3.43. The molecule has 0 aromatic carbocycles. The summed E-state index contributed by atoms with van der Waals surface area (Å²) in [5, 5.41) is 13.6. The topological polar surface area (TPSA) is 82.5 Å². The van der Waals surface area contributed by atoms with Gasteiger partial charge in [-0.15, -0.1) is 0 Å². The molecule has 6 nitrogen and oxygen atoms in total. The van der Waals surface area contributed by atoms with Gasteiger partial charge < -0.3 is 10.4 Å². The van der Waals surface area contributed by atoms with Crippen LogP contribution in [0.2, 0.25) is 0 Å². The highest BCUT2D eigenvalue weighted by molar-refractivity contribution is 7.89. The van der Waals surface area contributed by atoms with Gasteiger partial charge in [-0.25, -0.2) is 13.4 Å². The first kappa shape index (κ1) is 18.6. The quantitative estimate of drug-likeness (QED) is 0.774. The van der Waals surface area contributed by atoms with Crippen molar-refractivity contribution in [3.8, 4) is 0 Å². The van der Waals surface area contributed by atoms with Crippen LogP contribution in [0.4, 0.5) is 5.82 Å². The number of nitrogens with one attached hydrogen (secondary N) is 1. The zero-order valence-corrected chi connectivity index (χ0v) is 15.9. The van der Waals surface area contributed by atoms with E-state index in [4.69, 9.17) is 0 Å². The van der Waals surface area contributed by atoms with E-state index >= 15 is 0 Å². The average Bonchev–Trinajstić information content (AvgIpc) is 3.41. The molecule has 7 heteroatoms. The molecule has 0 radical (unpaired) electrons. The molecule has 2 aliphatic rings. The van der Waals surface area contributed by atoms with Crippen LogP contribution in [0.25, 0.3) is 0 Å². The van der Waals surface area contributed by atoms with Gasteiger partial charge in [0, 0.05) is 31.2 Å². The van der Waals surface area contributed by atoms with Gasteiger partial charge in [0.2, 0.25) is 10.0 Å². The van der Waals surface area contributed by atoms with Crippen LogP contribution in [-0.4, -0.2) is 48.6 Å². The maximum absolute atomic E-state index is 12.6. The molecule has 1 aromatic rings. The molecular formula is C18H29N3O3S. The Kier molecular flexibility index (Phi) is 5.37. The number of hydrogen-bond acceptors (Lipinski definition) is 5. The van der Waals surface area contributed by atoms with Crippen molar-refractivity contribution in [1.82, 2.24) is 9.29 Å². The summed E-state index contributed by atoms with van der Waals surface area (Å²) < 4.78 is 26.8. The fourth-order valence-electron chi connectivity index (χ4n) is 3.60. The third kappa shape index (κ3) is 3.99. The molecule has 2 N–H and O–H groups in total. The van der Waals surface area contributed by atoms with Gasteiger partial charge in [-0.3, -0.25) is 0 Å². The van der Waals surface area contributed by atoms with Crippen molar-refractivity contribution in [1.29, 1.82) is 0 Å². The smallest absolute Gasteiger partial charge is 0.244 e. The predicted octanol–water partition coefficient (Wildman–Crippen LogP) is 2.47. The molecule has 140 valence electrons. The molecule has 0 bridgehead atoms. The first-order valence-corrected chi connectivity index (χ1v) is 10.7. The monoisotopic (exact) mass is 367 g/mol. The second-order valence-electron chi connectivity index (χ2n) is 7.75. The fraction of sp³-hybridized carbons (Fsp3) is 0.722. The van der Waals surface area contributed by atoms with Crippen molar-refractivity contribution >= 4 is 15.8 Å². The highest BCUT2D eigenvalue weighted by Gasteiger charge is 2.49. The molecule has 1 aromatic heterocycles. The number of aliphatic hydroxyl groups excluding tert-OH is 1. The molecule has 25 heavy (non-hydrogen) atoms. The summed E-state index contributed by atoms with van der Waals surface area (Å²) in [6.45, 7) is 5.92. The number of nitrogens with zero attached hydrogens (tertiary/aromatic N) is 2. The van der Waals surface area contributed by atoms with Gasteiger partial charge >= 0.3 is 0 Å². The summed E-state index contributed by atoms with van der Waals surface area (Å²) >= 11 is 0. The lowest BCUT2D eigenvalue weighted by molar-refractivity contribution is 0.0567. The van der Waals surface area contributed by atoms with Gasteiger partial charge in [0.05, 0.1) is 6.10 Å². The molecule has 2 fully saturated rings. The Morgan fingerprint density at radius 3 is 2.44 bits per heavy atom. The molecule has 0 unspecified atom stereocenters. The second-order valence-corrected chi connectivity index (χ2v) is 9.69. The van der Waals surface area contributed by atoms with E-state index in [9.17, 15) is 13.5 Å². The Balaban J connectivity index is 1.63. The largest absolute Gasteiger partial charge is 0.392 e. The van der Waals surface area contributed by atoms with Gasteiger partial charge in [0.25, 0.3) is 0 Å². The maximum Gasteiger partial charge on any atom is 0.244 e. The predicted molar refractivity (Wildman–Crippen MR) is 97.8 cm³/mol. The van der Waals surface area contributed by atoms with Crippen LogP contribution in [0, 0.1) is 11.3 Å². The van der Waals surface area contributed by atoms with E-state index in [1.807, 2.05) is 13.8 Å². The normalized spacial score (nSPS) is 21.9. The van der Waals surface area contributed by atoms with E-state index in [2.05, 4.69) is 10.3 Å². The Hall–Kier alpha value is -1.18. The molecular weight excluding hydrogens is 338 g/mol. The van der Waals surface area contributed by atoms with Crippen LogP contribution >= 0.6 is 0 Å². The fourth-order valence-corrected chi connectivity index (χ4v) is 5.07. The standard InChI is InChI=1S/C18H29N3O3S/c1-14(2)17(22)18(8-9-18)13-20-16-7-6-15(12-19-16)25(23,24)21-10-4-3-5-11-21/h6-7,12,14,17,22H,3-5,8-11,13H2,1-2H3,(H,19,20)/t17-/m0/s1. The Morgan fingerprint density at radius 1 is 1.24 bits per heavy atom. The van der Waals surface area contributed by atoms with Crippen molar-refractivity contribution in [3.63, 3.8) is 0 Å². The SMILES string of the molecule is CC(C)[C@H](O)C1(CNc2ccc(S(=O)(=O)N3CCCCC3)cn2)CC1. The van der Waals surface area contributed by atoms with Gasteiger partial charge in [-0.2, -0.15) is 4.31 Å². The number of pyridine rings is 1. The number of hydrogen-bond donors (Lipinski definition) is 2. The first-order chi connectivity index (χ1) is 11.8. The average molecular weight is 368 g/mol. The van der Waals surface area contributed by atoms with Crippen molar-refractivity contribution < 1.29 is 13.5 Å². The number of rotatable bonds is 7. The Morgan fingerprint density at radius 2 is 1.92 bits per heavy atom. The highest BCUT2D eigenvalue weighted by Crippen LogP contribution is 2.50. The van der Waals surface area contributed by atoms with Crippen LogP contribution in [0.1, 0.15) is 46.0 Å². The highest BCUT2D eigenvalue weighted by atomic mass is 32.2. The maximum atomic E-state index is 12.6. The first-order valence-electron chi connectivity index (χ1n) is 9.23. The molecule has 1 saturated carbocycles. The summed E-state index contributed by atoms with van der Waals surface area (Å²) in [6, 6.07) is 3.34. The zero-order chi connectivity index (χ0) is 18.1. The van der Waals surface area contributed by atoms with E-state index in [1.165, 1.54) is 6.20 Å². The lowest BCUT2D eigenvalue weighted by atomic mass is 9.90. The summed E-state index contributed by atoms with van der Waals surface area (Å²) in [6.07, 6.45) is 6.08. The molecule has 1 saturated heterocycles.